The van der Waals surface area contributed by atoms with Crippen molar-refractivity contribution < 1.29 is 0 Å². The van der Waals surface area contributed by atoms with Crippen molar-refractivity contribution in [2.24, 2.45) is 0 Å². The van der Waals surface area contributed by atoms with E-state index in [4.69, 9.17) is 28.9 Å². The number of nitrogen functional groups attached to an aromatic ring is 1. The second-order valence-corrected chi connectivity index (χ2v) is 7.31. The lowest BCUT2D eigenvalue weighted by molar-refractivity contribution is 0.803. The Labute approximate surface area is 180 Å². The minimum atomic E-state index is 0.297. The van der Waals surface area contributed by atoms with Crippen molar-refractivity contribution in [3.05, 3.63) is 71.1 Å². The molecule has 148 valence electrons. The molecule has 30 heavy (non-hydrogen) atoms. The second-order valence-electron chi connectivity index (χ2n) is 6.50. The van der Waals surface area contributed by atoms with Gasteiger partial charge >= 0.3 is 0 Å². The van der Waals surface area contributed by atoms with Gasteiger partial charge in [0.15, 0.2) is 17.3 Å². The first-order chi connectivity index (χ1) is 14.6. The number of anilines is 1. The third-order valence-corrected chi connectivity index (χ3v) is 5.29. The number of aromatic nitrogens is 8. The van der Waals surface area contributed by atoms with E-state index in [-0.39, 0.29) is 0 Å². The Hall–Kier alpha value is -3.56. The fourth-order valence-electron chi connectivity index (χ4n) is 3.16. The van der Waals surface area contributed by atoms with Crippen LogP contribution in [0.3, 0.4) is 0 Å². The van der Waals surface area contributed by atoms with Crippen molar-refractivity contribution >= 4 is 34.7 Å². The highest BCUT2D eigenvalue weighted by molar-refractivity contribution is 6.42. The predicted octanol–water partition coefficient (Wildman–Crippen LogP) is 3.38. The van der Waals surface area contributed by atoms with Crippen LogP contribution in [0.1, 0.15) is 5.56 Å². The van der Waals surface area contributed by atoms with Crippen LogP contribution in [0.25, 0.3) is 28.3 Å². The molecule has 2 N–H and O–H groups in total. The summed E-state index contributed by atoms with van der Waals surface area (Å²) in [5, 5.41) is 13.7. The summed E-state index contributed by atoms with van der Waals surface area (Å²) in [4.78, 5) is 12.7. The Morgan fingerprint density at radius 2 is 1.97 bits per heavy atom. The van der Waals surface area contributed by atoms with Crippen LogP contribution in [0.4, 0.5) is 5.82 Å². The van der Waals surface area contributed by atoms with Gasteiger partial charge in [0, 0.05) is 24.2 Å². The van der Waals surface area contributed by atoms with E-state index < -0.39 is 0 Å². The van der Waals surface area contributed by atoms with Crippen LogP contribution in [0.2, 0.25) is 10.0 Å². The van der Waals surface area contributed by atoms with Crippen LogP contribution < -0.4 is 5.73 Å². The Balaban J connectivity index is 1.56. The number of benzene rings is 1. The summed E-state index contributed by atoms with van der Waals surface area (Å²) in [6.45, 7) is 0.481. The number of hydrogen-bond acceptors (Lipinski definition) is 7. The SMILES string of the molecule is Nc1nn2cc(-c3ccncn3)cnc2c1-c1nncn1Cc1ccc(Cl)c(Cl)c1. The molecule has 4 aromatic heterocycles. The van der Waals surface area contributed by atoms with Gasteiger partial charge in [-0.25, -0.2) is 19.5 Å². The molecule has 0 unspecified atom stereocenters. The maximum atomic E-state index is 6.22. The molecular formula is C19H13Cl2N9. The van der Waals surface area contributed by atoms with Crippen molar-refractivity contribution in [2.45, 2.75) is 6.54 Å². The maximum Gasteiger partial charge on any atom is 0.171 e. The first-order valence-corrected chi connectivity index (χ1v) is 9.58. The van der Waals surface area contributed by atoms with Gasteiger partial charge in [-0.1, -0.05) is 29.3 Å². The zero-order valence-electron chi connectivity index (χ0n) is 15.3. The molecule has 4 heterocycles. The Morgan fingerprint density at radius 1 is 1.07 bits per heavy atom. The molecule has 11 heteroatoms. The monoisotopic (exact) mass is 437 g/mol. The van der Waals surface area contributed by atoms with Crippen molar-refractivity contribution in [3.63, 3.8) is 0 Å². The predicted molar refractivity (Wildman–Crippen MR) is 113 cm³/mol. The number of nitrogens with zero attached hydrogens (tertiary/aromatic N) is 8. The van der Waals surface area contributed by atoms with Crippen molar-refractivity contribution in [3.8, 4) is 22.6 Å². The summed E-state index contributed by atoms with van der Waals surface area (Å²) >= 11 is 12.1. The van der Waals surface area contributed by atoms with E-state index in [9.17, 15) is 0 Å². The third-order valence-electron chi connectivity index (χ3n) is 4.55. The lowest BCUT2D eigenvalue weighted by Gasteiger charge is -2.07. The quantitative estimate of drug-likeness (QED) is 0.458. The van der Waals surface area contributed by atoms with Crippen molar-refractivity contribution in [1.29, 1.82) is 0 Å². The molecule has 0 radical (unpaired) electrons. The van der Waals surface area contributed by atoms with Crippen molar-refractivity contribution in [1.82, 2.24) is 39.3 Å². The molecular weight excluding hydrogens is 425 g/mol. The molecule has 0 aliphatic heterocycles. The van der Waals surface area contributed by atoms with Gasteiger partial charge in [-0.15, -0.1) is 15.3 Å². The fourth-order valence-corrected chi connectivity index (χ4v) is 3.48. The van der Waals surface area contributed by atoms with E-state index in [0.29, 0.717) is 39.4 Å². The number of rotatable bonds is 4. The lowest BCUT2D eigenvalue weighted by Crippen LogP contribution is -2.02. The smallest absolute Gasteiger partial charge is 0.171 e. The van der Waals surface area contributed by atoms with Crippen LogP contribution in [0, 0.1) is 0 Å². The van der Waals surface area contributed by atoms with Gasteiger partial charge < -0.3 is 10.3 Å². The first-order valence-electron chi connectivity index (χ1n) is 8.82. The normalized spacial score (nSPS) is 11.3. The maximum absolute atomic E-state index is 6.22. The topological polar surface area (TPSA) is 113 Å². The highest BCUT2D eigenvalue weighted by Crippen LogP contribution is 2.30. The Kier molecular flexibility index (Phi) is 4.53. The third kappa shape index (κ3) is 3.23. The van der Waals surface area contributed by atoms with Gasteiger partial charge in [0.05, 0.1) is 22.3 Å². The van der Waals surface area contributed by atoms with E-state index in [1.54, 1.807) is 41.4 Å². The van der Waals surface area contributed by atoms with Crippen molar-refractivity contribution in [2.75, 3.05) is 5.73 Å². The minimum absolute atomic E-state index is 0.297. The minimum Gasteiger partial charge on any atom is -0.382 e. The van der Waals surface area contributed by atoms with Crippen LogP contribution in [0.5, 0.6) is 0 Å². The molecule has 0 bridgehead atoms. The van der Waals surface area contributed by atoms with E-state index in [2.05, 4.69) is 30.2 Å². The van der Waals surface area contributed by atoms with E-state index in [1.807, 2.05) is 16.8 Å². The first kappa shape index (κ1) is 18.5. The summed E-state index contributed by atoms with van der Waals surface area (Å²) < 4.78 is 3.47. The fraction of sp³-hybridized carbons (Fsp3) is 0.0526. The molecule has 0 spiro atoms. The molecule has 1 aromatic carbocycles. The Bertz CT molecular complexity index is 1360. The number of hydrogen-bond donors (Lipinski definition) is 1. The van der Waals surface area contributed by atoms with Crippen LogP contribution in [-0.2, 0) is 6.54 Å². The van der Waals surface area contributed by atoms with Gasteiger partial charge in [-0.2, -0.15) is 0 Å². The van der Waals surface area contributed by atoms with Gasteiger partial charge in [-0.3, -0.25) is 0 Å². The number of nitrogens with two attached hydrogens (primary N) is 1. The molecule has 0 aliphatic rings. The van der Waals surface area contributed by atoms with E-state index in [1.165, 1.54) is 6.33 Å². The molecule has 0 saturated heterocycles. The van der Waals surface area contributed by atoms with E-state index in [0.717, 1.165) is 16.8 Å². The molecule has 9 nitrogen and oxygen atoms in total. The summed E-state index contributed by atoms with van der Waals surface area (Å²) in [6, 6.07) is 7.25. The average Bonchev–Trinajstić information content (AvgIpc) is 3.33. The van der Waals surface area contributed by atoms with E-state index >= 15 is 0 Å². The molecule has 0 amide bonds. The molecule has 0 saturated carbocycles. The molecule has 0 fully saturated rings. The zero-order valence-corrected chi connectivity index (χ0v) is 16.8. The molecule has 0 atom stereocenters. The zero-order chi connectivity index (χ0) is 20.7. The van der Waals surface area contributed by atoms with Gasteiger partial charge in [-0.05, 0) is 23.8 Å². The highest BCUT2D eigenvalue weighted by atomic mass is 35.5. The van der Waals surface area contributed by atoms with Crippen LogP contribution in [0.15, 0.2) is 55.5 Å². The molecule has 0 aliphatic carbocycles. The van der Waals surface area contributed by atoms with Crippen LogP contribution in [-0.4, -0.2) is 39.3 Å². The number of fused-ring (bicyclic) bond motifs is 1. The second kappa shape index (κ2) is 7.36. The summed E-state index contributed by atoms with van der Waals surface area (Å²) in [7, 11) is 0. The molecule has 5 rings (SSSR count). The van der Waals surface area contributed by atoms with Gasteiger partial charge in [0.25, 0.3) is 0 Å². The van der Waals surface area contributed by atoms with Crippen LogP contribution >= 0.6 is 23.2 Å². The average molecular weight is 438 g/mol. The standard InChI is InChI=1S/C19H13Cl2N9/c20-13-2-1-11(5-14(13)21)7-29-10-26-27-19(29)16-17(22)28-30-8-12(6-24-18(16)30)15-3-4-23-9-25-15/h1-6,8-10H,7H2,(H2,22,28). The highest BCUT2D eigenvalue weighted by Gasteiger charge is 2.20. The summed E-state index contributed by atoms with van der Waals surface area (Å²) in [5.74, 6) is 0.849. The van der Waals surface area contributed by atoms with Gasteiger partial charge in [0.2, 0.25) is 0 Å². The summed E-state index contributed by atoms with van der Waals surface area (Å²) in [6.07, 6.45) is 8.29. The number of halogens is 2. The lowest BCUT2D eigenvalue weighted by atomic mass is 10.2. The Morgan fingerprint density at radius 3 is 2.77 bits per heavy atom. The van der Waals surface area contributed by atoms with Gasteiger partial charge in [0.1, 0.15) is 18.2 Å². The molecule has 5 aromatic rings. The largest absolute Gasteiger partial charge is 0.382 e. The summed E-state index contributed by atoms with van der Waals surface area (Å²) in [5.41, 5.74) is 9.85.